The van der Waals surface area contributed by atoms with Gasteiger partial charge in [0.2, 0.25) is 0 Å². The third-order valence-electron chi connectivity index (χ3n) is 2.47. The molecule has 1 N–H and O–H groups in total. The summed E-state index contributed by atoms with van der Waals surface area (Å²) in [6.07, 6.45) is 1.56. The summed E-state index contributed by atoms with van der Waals surface area (Å²) in [6.45, 7) is 5.85. The number of halogens is 1. The zero-order valence-electron chi connectivity index (χ0n) is 7.68. The first-order chi connectivity index (χ1) is 5.62. The Morgan fingerprint density at radius 1 is 1.75 bits per heavy atom. The molecule has 0 amide bonds. The summed E-state index contributed by atoms with van der Waals surface area (Å²) in [4.78, 5) is 2.11. The van der Waals surface area contributed by atoms with E-state index in [9.17, 15) is 4.39 Å². The molecule has 0 aromatic rings. The second kappa shape index (κ2) is 3.54. The summed E-state index contributed by atoms with van der Waals surface area (Å²) >= 11 is 0. The van der Waals surface area contributed by atoms with Crippen LogP contribution in [-0.2, 0) is 0 Å². The number of hydrogen-bond acceptors (Lipinski definition) is 2. The summed E-state index contributed by atoms with van der Waals surface area (Å²) in [5, 5.41) is 9.03. The predicted molar refractivity (Wildman–Crippen MR) is 46.5 cm³/mol. The molecule has 3 heteroatoms. The van der Waals surface area contributed by atoms with Crippen LogP contribution in [0, 0.1) is 5.41 Å². The molecule has 1 aliphatic heterocycles. The van der Waals surface area contributed by atoms with Crippen LogP contribution in [0.1, 0.15) is 13.8 Å². The van der Waals surface area contributed by atoms with E-state index >= 15 is 0 Å². The molecule has 2 nitrogen and oxygen atoms in total. The van der Waals surface area contributed by atoms with Crippen molar-refractivity contribution in [2.45, 2.75) is 13.8 Å². The first-order valence-electron chi connectivity index (χ1n) is 4.32. The van der Waals surface area contributed by atoms with Crippen molar-refractivity contribution in [2.75, 3.05) is 26.2 Å². The highest BCUT2D eigenvalue weighted by atomic mass is 19.1. The normalized spacial score (nSPS) is 31.8. The molecule has 0 spiro atoms. The predicted octanol–water partition coefficient (Wildman–Crippen LogP) is 1.17. The summed E-state index contributed by atoms with van der Waals surface area (Å²) < 4.78 is 13.2. The van der Waals surface area contributed by atoms with Crippen LogP contribution in [-0.4, -0.2) is 36.2 Å². The quantitative estimate of drug-likeness (QED) is 0.677. The Hall–Kier alpha value is -0.410. The molecule has 12 heavy (non-hydrogen) atoms. The fraction of sp³-hybridized carbons (Fsp3) is 0.778. The number of aliphatic hydroxyl groups excluding tert-OH is 1. The molecular weight excluding hydrogens is 157 g/mol. The minimum Gasteiger partial charge on any atom is -0.395 e. The van der Waals surface area contributed by atoms with Crippen molar-refractivity contribution in [3.05, 3.63) is 11.9 Å². The van der Waals surface area contributed by atoms with Gasteiger partial charge in [-0.15, -0.1) is 0 Å². The van der Waals surface area contributed by atoms with Crippen molar-refractivity contribution in [1.29, 1.82) is 0 Å². The molecule has 1 heterocycles. The van der Waals surface area contributed by atoms with Gasteiger partial charge in [-0.3, -0.25) is 4.90 Å². The fourth-order valence-electron chi connectivity index (χ4n) is 1.46. The van der Waals surface area contributed by atoms with Crippen molar-refractivity contribution in [3.63, 3.8) is 0 Å². The van der Waals surface area contributed by atoms with E-state index in [1.54, 1.807) is 13.0 Å². The minimum absolute atomic E-state index is 0.119. The molecule has 0 aromatic carbocycles. The van der Waals surface area contributed by atoms with Crippen LogP contribution in [0.25, 0.3) is 0 Å². The van der Waals surface area contributed by atoms with Gasteiger partial charge in [-0.1, -0.05) is 6.92 Å². The third-order valence-corrected chi connectivity index (χ3v) is 2.47. The first kappa shape index (κ1) is 9.68. The Kier molecular flexibility index (Phi) is 2.85. The van der Waals surface area contributed by atoms with E-state index in [4.69, 9.17) is 5.11 Å². The van der Waals surface area contributed by atoms with E-state index in [0.717, 1.165) is 6.54 Å². The number of likely N-dealkylation sites (N-methyl/N-ethyl adjacent to an activating group) is 1. The van der Waals surface area contributed by atoms with E-state index in [2.05, 4.69) is 4.90 Å². The summed E-state index contributed by atoms with van der Waals surface area (Å²) in [5.41, 5.74) is -0.672. The average Bonchev–Trinajstić information content (AvgIpc) is 2.10. The Balaban J connectivity index is 2.74. The van der Waals surface area contributed by atoms with Gasteiger partial charge in [0.25, 0.3) is 0 Å². The molecule has 0 fully saturated rings. The van der Waals surface area contributed by atoms with Crippen molar-refractivity contribution >= 4 is 0 Å². The van der Waals surface area contributed by atoms with Gasteiger partial charge in [0.05, 0.1) is 12.0 Å². The van der Waals surface area contributed by atoms with E-state index in [0.29, 0.717) is 13.1 Å². The van der Waals surface area contributed by atoms with Crippen LogP contribution >= 0.6 is 0 Å². The summed E-state index contributed by atoms with van der Waals surface area (Å²) in [7, 11) is 0. The highest BCUT2D eigenvalue weighted by molar-refractivity contribution is 5.11. The molecule has 0 saturated carbocycles. The van der Waals surface area contributed by atoms with Gasteiger partial charge in [-0.2, -0.15) is 0 Å². The van der Waals surface area contributed by atoms with Gasteiger partial charge < -0.3 is 5.11 Å². The molecule has 1 aliphatic rings. The number of nitrogens with zero attached hydrogens (tertiary/aromatic N) is 1. The SMILES string of the molecule is CCN1CC=C(F)[C@](C)(CO)C1. The van der Waals surface area contributed by atoms with E-state index in [1.165, 1.54) is 0 Å². The lowest BCUT2D eigenvalue weighted by molar-refractivity contribution is 0.0921. The zero-order chi connectivity index (χ0) is 9.19. The lowest BCUT2D eigenvalue weighted by Crippen LogP contribution is -2.42. The lowest BCUT2D eigenvalue weighted by atomic mass is 9.87. The van der Waals surface area contributed by atoms with Gasteiger partial charge in [0.1, 0.15) is 5.83 Å². The average molecular weight is 173 g/mol. The molecule has 0 aromatic heterocycles. The lowest BCUT2D eigenvalue weighted by Gasteiger charge is -2.35. The molecule has 0 aliphatic carbocycles. The van der Waals surface area contributed by atoms with Crippen molar-refractivity contribution < 1.29 is 9.50 Å². The van der Waals surface area contributed by atoms with Crippen molar-refractivity contribution in [1.82, 2.24) is 4.90 Å². The second-order valence-electron chi connectivity index (χ2n) is 3.60. The van der Waals surface area contributed by atoms with E-state index < -0.39 is 5.41 Å². The van der Waals surface area contributed by atoms with Gasteiger partial charge in [-0.25, -0.2) is 4.39 Å². The van der Waals surface area contributed by atoms with Crippen molar-refractivity contribution in [2.24, 2.45) is 5.41 Å². The minimum atomic E-state index is -0.672. The Bertz CT molecular complexity index is 193. The maximum atomic E-state index is 13.2. The number of aliphatic hydroxyl groups is 1. The number of rotatable bonds is 2. The monoisotopic (exact) mass is 173 g/mol. The van der Waals surface area contributed by atoms with Gasteiger partial charge >= 0.3 is 0 Å². The molecule has 0 radical (unpaired) electrons. The smallest absolute Gasteiger partial charge is 0.107 e. The Labute approximate surface area is 72.7 Å². The Morgan fingerprint density at radius 3 is 2.92 bits per heavy atom. The summed E-state index contributed by atoms with van der Waals surface area (Å²) in [6, 6.07) is 0. The van der Waals surface area contributed by atoms with Crippen LogP contribution < -0.4 is 0 Å². The second-order valence-corrected chi connectivity index (χ2v) is 3.60. The maximum Gasteiger partial charge on any atom is 0.107 e. The van der Waals surface area contributed by atoms with Gasteiger partial charge in [0, 0.05) is 13.1 Å². The number of hydrogen-bond donors (Lipinski definition) is 1. The highest BCUT2D eigenvalue weighted by Crippen LogP contribution is 2.31. The topological polar surface area (TPSA) is 23.5 Å². The standard InChI is InChI=1S/C9H16FNO/c1-3-11-5-4-8(10)9(2,6-11)7-12/h4,12H,3,5-7H2,1-2H3/t9-/m0/s1. The molecular formula is C9H16FNO. The van der Waals surface area contributed by atoms with Crippen LogP contribution in [0.15, 0.2) is 11.9 Å². The van der Waals surface area contributed by atoms with Gasteiger partial charge in [0.15, 0.2) is 0 Å². The van der Waals surface area contributed by atoms with Crippen molar-refractivity contribution in [3.8, 4) is 0 Å². The van der Waals surface area contributed by atoms with Crippen LogP contribution in [0.3, 0.4) is 0 Å². The fourth-order valence-corrected chi connectivity index (χ4v) is 1.46. The van der Waals surface area contributed by atoms with Crippen LogP contribution in [0.4, 0.5) is 4.39 Å². The molecule has 1 atom stereocenters. The van der Waals surface area contributed by atoms with Gasteiger partial charge in [-0.05, 0) is 19.5 Å². The molecule has 0 bridgehead atoms. The largest absolute Gasteiger partial charge is 0.395 e. The highest BCUT2D eigenvalue weighted by Gasteiger charge is 2.33. The zero-order valence-corrected chi connectivity index (χ0v) is 7.68. The Morgan fingerprint density at radius 2 is 2.42 bits per heavy atom. The summed E-state index contributed by atoms with van der Waals surface area (Å²) in [5.74, 6) is -0.172. The van der Waals surface area contributed by atoms with Crippen LogP contribution in [0.5, 0.6) is 0 Å². The van der Waals surface area contributed by atoms with Crippen LogP contribution in [0.2, 0.25) is 0 Å². The third kappa shape index (κ3) is 1.67. The molecule has 0 saturated heterocycles. The molecule has 70 valence electrons. The molecule has 0 unspecified atom stereocenters. The molecule has 1 rings (SSSR count). The van der Waals surface area contributed by atoms with E-state index in [1.807, 2.05) is 6.92 Å². The maximum absolute atomic E-state index is 13.2. The van der Waals surface area contributed by atoms with E-state index in [-0.39, 0.29) is 12.4 Å². The first-order valence-corrected chi connectivity index (χ1v) is 4.32.